The third-order valence-corrected chi connectivity index (χ3v) is 3.84. The number of hydrogen-bond donors (Lipinski definition) is 1. The molecule has 0 aliphatic heterocycles. The number of ether oxygens (including phenoxy) is 1. The van der Waals surface area contributed by atoms with Crippen molar-refractivity contribution in [3.05, 3.63) is 71.5 Å². The monoisotopic (exact) mass is 337 g/mol. The Bertz CT molecular complexity index is 880. The van der Waals surface area contributed by atoms with Crippen molar-refractivity contribution in [3.63, 3.8) is 0 Å². The van der Waals surface area contributed by atoms with Crippen LogP contribution in [0.3, 0.4) is 0 Å². The fourth-order valence-electron chi connectivity index (χ4n) is 2.56. The number of amides is 1. The molecule has 1 heterocycles. The molecule has 0 fully saturated rings. The highest BCUT2D eigenvalue weighted by Crippen LogP contribution is 2.23. The maximum absolute atomic E-state index is 12.0. The number of nitrogens with one attached hydrogen (secondary N) is 1. The molecule has 128 valence electrons. The van der Waals surface area contributed by atoms with Crippen LogP contribution in [0.2, 0.25) is 0 Å². The predicted octanol–water partition coefficient (Wildman–Crippen LogP) is 3.78. The van der Waals surface area contributed by atoms with E-state index in [4.69, 9.17) is 9.15 Å². The van der Waals surface area contributed by atoms with Gasteiger partial charge in [-0.1, -0.05) is 35.9 Å². The summed E-state index contributed by atoms with van der Waals surface area (Å²) in [6.07, 6.45) is 0. The molecule has 5 nitrogen and oxygen atoms in total. The van der Waals surface area contributed by atoms with Gasteiger partial charge in [-0.2, -0.15) is 0 Å². The van der Waals surface area contributed by atoms with Gasteiger partial charge in [-0.3, -0.25) is 4.79 Å². The number of carbonyl (C=O) groups is 2. The number of benzene rings is 2. The maximum Gasteiger partial charge on any atom is 0.338 e. The smallest absolute Gasteiger partial charge is 0.338 e. The predicted molar refractivity (Wildman–Crippen MR) is 94.2 cm³/mol. The van der Waals surface area contributed by atoms with Crippen LogP contribution < -0.4 is 5.32 Å². The highest BCUT2D eigenvalue weighted by molar-refractivity contribution is 5.91. The van der Waals surface area contributed by atoms with Crippen molar-refractivity contribution in [3.8, 4) is 0 Å². The fourth-order valence-corrected chi connectivity index (χ4v) is 2.56. The van der Waals surface area contributed by atoms with E-state index in [0.717, 1.165) is 16.5 Å². The number of esters is 1. The summed E-state index contributed by atoms with van der Waals surface area (Å²) in [4.78, 5) is 24.0. The molecule has 0 saturated heterocycles. The maximum atomic E-state index is 12.0. The molecule has 2 aromatic carbocycles. The number of para-hydroxylation sites is 1. The number of rotatable bonds is 5. The SMILES string of the molecule is Cc1cccc(C(=O)OCC(=O)N[C@H](C)c2cc3ccccc3o2)c1. The fraction of sp³-hybridized carbons (Fsp3) is 0.200. The van der Waals surface area contributed by atoms with Crippen LogP contribution in [0.4, 0.5) is 0 Å². The number of aryl methyl sites for hydroxylation is 1. The van der Waals surface area contributed by atoms with Gasteiger partial charge in [-0.05, 0) is 38.1 Å². The van der Waals surface area contributed by atoms with E-state index in [2.05, 4.69) is 5.32 Å². The Morgan fingerprint density at radius 1 is 1.12 bits per heavy atom. The van der Waals surface area contributed by atoms with Crippen molar-refractivity contribution in [1.29, 1.82) is 0 Å². The van der Waals surface area contributed by atoms with Crippen molar-refractivity contribution in [2.45, 2.75) is 19.9 Å². The summed E-state index contributed by atoms with van der Waals surface area (Å²) < 4.78 is 10.8. The summed E-state index contributed by atoms with van der Waals surface area (Å²) in [6, 6.07) is 16.2. The first kappa shape index (κ1) is 16.8. The van der Waals surface area contributed by atoms with Crippen molar-refractivity contribution < 1.29 is 18.7 Å². The molecule has 3 aromatic rings. The summed E-state index contributed by atoms with van der Waals surface area (Å²) in [7, 11) is 0. The zero-order valence-corrected chi connectivity index (χ0v) is 14.1. The van der Waals surface area contributed by atoms with Crippen LogP contribution in [-0.4, -0.2) is 18.5 Å². The molecule has 0 aliphatic carbocycles. The Kier molecular flexibility index (Phi) is 4.84. The van der Waals surface area contributed by atoms with Crippen LogP contribution >= 0.6 is 0 Å². The highest BCUT2D eigenvalue weighted by Gasteiger charge is 2.16. The molecule has 0 bridgehead atoms. The highest BCUT2D eigenvalue weighted by atomic mass is 16.5. The average molecular weight is 337 g/mol. The Labute approximate surface area is 145 Å². The van der Waals surface area contributed by atoms with Gasteiger partial charge in [0.05, 0.1) is 11.6 Å². The van der Waals surface area contributed by atoms with Crippen LogP contribution in [0, 0.1) is 6.92 Å². The molecule has 1 N–H and O–H groups in total. The van der Waals surface area contributed by atoms with Gasteiger partial charge in [0.15, 0.2) is 6.61 Å². The van der Waals surface area contributed by atoms with Crippen molar-refractivity contribution in [2.75, 3.05) is 6.61 Å². The molecule has 0 spiro atoms. The van der Waals surface area contributed by atoms with Gasteiger partial charge in [0.2, 0.25) is 0 Å². The van der Waals surface area contributed by atoms with Gasteiger partial charge in [0.1, 0.15) is 11.3 Å². The van der Waals surface area contributed by atoms with Gasteiger partial charge in [-0.25, -0.2) is 4.79 Å². The van der Waals surface area contributed by atoms with E-state index in [1.807, 2.05) is 50.2 Å². The Morgan fingerprint density at radius 2 is 1.92 bits per heavy atom. The van der Waals surface area contributed by atoms with Crippen LogP contribution in [0.1, 0.15) is 34.6 Å². The van der Waals surface area contributed by atoms with Crippen molar-refractivity contribution in [2.24, 2.45) is 0 Å². The van der Waals surface area contributed by atoms with Crippen LogP contribution in [-0.2, 0) is 9.53 Å². The van der Waals surface area contributed by atoms with Gasteiger partial charge in [0.25, 0.3) is 5.91 Å². The minimum absolute atomic E-state index is 0.322. The number of fused-ring (bicyclic) bond motifs is 1. The standard InChI is InChI=1S/C20H19NO4/c1-13-6-5-8-16(10-13)20(23)24-12-19(22)21-14(2)18-11-15-7-3-4-9-17(15)25-18/h3-11,14H,12H2,1-2H3,(H,21,22)/t14-/m1/s1. The van der Waals surface area contributed by atoms with Gasteiger partial charge < -0.3 is 14.5 Å². The largest absolute Gasteiger partial charge is 0.459 e. The lowest BCUT2D eigenvalue weighted by Gasteiger charge is -2.11. The van der Waals surface area contributed by atoms with E-state index in [-0.39, 0.29) is 18.6 Å². The third kappa shape index (κ3) is 4.07. The molecule has 5 heteroatoms. The Hall–Kier alpha value is -3.08. The third-order valence-electron chi connectivity index (χ3n) is 3.84. The second kappa shape index (κ2) is 7.21. The molecule has 1 amide bonds. The normalized spacial score (nSPS) is 11.9. The van der Waals surface area contributed by atoms with Crippen molar-refractivity contribution >= 4 is 22.8 Å². The van der Waals surface area contributed by atoms with E-state index in [0.29, 0.717) is 11.3 Å². The lowest BCUT2D eigenvalue weighted by atomic mass is 10.1. The summed E-state index contributed by atoms with van der Waals surface area (Å²) in [5.74, 6) is -0.247. The second-order valence-corrected chi connectivity index (χ2v) is 5.92. The summed E-state index contributed by atoms with van der Waals surface area (Å²) >= 11 is 0. The van der Waals surface area contributed by atoms with Crippen LogP contribution in [0.5, 0.6) is 0 Å². The zero-order valence-electron chi connectivity index (χ0n) is 14.1. The second-order valence-electron chi connectivity index (χ2n) is 5.92. The van der Waals surface area contributed by atoms with Crippen LogP contribution in [0.25, 0.3) is 11.0 Å². The first-order valence-corrected chi connectivity index (χ1v) is 8.04. The summed E-state index contributed by atoms with van der Waals surface area (Å²) in [5.41, 5.74) is 2.15. The topological polar surface area (TPSA) is 68.5 Å². The number of furan rings is 1. The minimum Gasteiger partial charge on any atom is -0.459 e. The molecule has 0 unspecified atom stereocenters. The van der Waals surface area contributed by atoms with E-state index in [1.165, 1.54) is 0 Å². The van der Waals surface area contributed by atoms with Crippen molar-refractivity contribution in [1.82, 2.24) is 5.32 Å². The van der Waals surface area contributed by atoms with E-state index in [1.54, 1.807) is 18.2 Å². The Morgan fingerprint density at radius 3 is 2.68 bits per heavy atom. The zero-order chi connectivity index (χ0) is 17.8. The van der Waals surface area contributed by atoms with E-state index >= 15 is 0 Å². The summed E-state index contributed by atoms with van der Waals surface area (Å²) in [5, 5.41) is 3.74. The lowest BCUT2D eigenvalue weighted by Crippen LogP contribution is -2.31. The van der Waals surface area contributed by atoms with Gasteiger partial charge >= 0.3 is 5.97 Å². The Balaban J connectivity index is 1.55. The molecule has 1 aromatic heterocycles. The molecule has 0 aliphatic rings. The first-order chi connectivity index (χ1) is 12.0. The minimum atomic E-state index is -0.518. The molecular weight excluding hydrogens is 318 g/mol. The molecule has 0 saturated carbocycles. The molecule has 0 radical (unpaired) electrons. The number of carbonyl (C=O) groups excluding carboxylic acids is 2. The number of hydrogen-bond acceptors (Lipinski definition) is 4. The van der Waals surface area contributed by atoms with Gasteiger partial charge in [0, 0.05) is 5.39 Å². The first-order valence-electron chi connectivity index (χ1n) is 8.04. The van der Waals surface area contributed by atoms with E-state index < -0.39 is 5.97 Å². The average Bonchev–Trinajstić information content (AvgIpc) is 3.04. The molecule has 1 atom stereocenters. The molecule has 3 rings (SSSR count). The van der Waals surface area contributed by atoms with Gasteiger partial charge in [-0.15, -0.1) is 0 Å². The summed E-state index contributed by atoms with van der Waals surface area (Å²) in [6.45, 7) is 3.37. The quantitative estimate of drug-likeness (QED) is 0.720. The molecular formula is C20H19NO4. The van der Waals surface area contributed by atoms with E-state index in [9.17, 15) is 9.59 Å². The lowest BCUT2D eigenvalue weighted by molar-refractivity contribution is -0.125. The molecule has 25 heavy (non-hydrogen) atoms. The van der Waals surface area contributed by atoms with Crippen LogP contribution in [0.15, 0.2) is 59.0 Å².